The predicted molar refractivity (Wildman–Crippen MR) is 133 cm³/mol. The lowest BCUT2D eigenvalue weighted by Crippen LogP contribution is -2.41. The molecule has 0 radical (unpaired) electrons. The van der Waals surface area contributed by atoms with Gasteiger partial charge >= 0.3 is 5.97 Å². The number of amides is 1. The van der Waals surface area contributed by atoms with E-state index in [2.05, 4.69) is 10.0 Å². The van der Waals surface area contributed by atoms with E-state index in [1.807, 2.05) is 25.3 Å². The summed E-state index contributed by atoms with van der Waals surface area (Å²) >= 11 is 0. The molecule has 0 saturated heterocycles. The molecular weight excluding hydrogens is 454 g/mol. The zero-order valence-electron chi connectivity index (χ0n) is 21.0. The van der Waals surface area contributed by atoms with Crippen molar-refractivity contribution >= 4 is 28.0 Å². The summed E-state index contributed by atoms with van der Waals surface area (Å²) in [6, 6.07) is 6.53. The molecule has 0 fully saturated rings. The number of nitrogens with zero attached hydrogens (tertiary/aromatic N) is 1. The SMILES string of the molecule is CCOC(=O)c1c(/C=C/C(=O)NCc2ccccc2S(=O)(=O)NC(C)(C)C)c(C)n(CC)c1C. The molecule has 0 spiro atoms. The number of carbonyl (C=O) groups is 2. The zero-order chi connectivity index (χ0) is 25.7. The van der Waals surface area contributed by atoms with Gasteiger partial charge in [-0.2, -0.15) is 0 Å². The van der Waals surface area contributed by atoms with Crippen LogP contribution < -0.4 is 10.0 Å². The molecule has 1 aromatic carbocycles. The van der Waals surface area contributed by atoms with Crippen molar-refractivity contribution in [2.45, 2.75) is 72.0 Å². The standard InChI is InChI=1S/C25H35N3O5S/c1-8-28-17(3)20(23(18(28)4)24(30)33-9-2)14-15-22(29)26-16-19-12-10-11-13-21(19)34(31,32)27-25(5,6)7/h10-15,27H,8-9,16H2,1-7H3,(H,26,29)/b15-14+. The van der Waals surface area contributed by atoms with E-state index in [-0.39, 0.29) is 18.0 Å². The molecule has 0 atom stereocenters. The molecule has 0 bridgehead atoms. The maximum Gasteiger partial charge on any atom is 0.340 e. The van der Waals surface area contributed by atoms with E-state index >= 15 is 0 Å². The van der Waals surface area contributed by atoms with E-state index in [0.29, 0.717) is 23.2 Å². The molecule has 2 N–H and O–H groups in total. The van der Waals surface area contributed by atoms with Crippen LogP contribution in [0.5, 0.6) is 0 Å². The van der Waals surface area contributed by atoms with Crippen LogP contribution in [0, 0.1) is 13.8 Å². The predicted octanol–water partition coefficient (Wildman–Crippen LogP) is 3.71. The van der Waals surface area contributed by atoms with Crippen molar-refractivity contribution in [3.05, 3.63) is 58.4 Å². The number of carbonyl (C=O) groups excluding carboxylic acids is 2. The van der Waals surface area contributed by atoms with Gasteiger partial charge in [0.2, 0.25) is 15.9 Å². The van der Waals surface area contributed by atoms with Gasteiger partial charge in [0.15, 0.2) is 0 Å². The van der Waals surface area contributed by atoms with Crippen molar-refractivity contribution in [2.24, 2.45) is 0 Å². The summed E-state index contributed by atoms with van der Waals surface area (Å²) < 4.78 is 35.4. The molecular formula is C25H35N3O5S. The van der Waals surface area contributed by atoms with E-state index in [0.717, 1.165) is 11.4 Å². The first kappa shape index (κ1) is 27.3. The first-order valence-electron chi connectivity index (χ1n) is 11.3. The molecule has 9 heteroatoms. The molecule has 186 valence electrons. The van der Waals surface area contributed by atoms with Gasteiger partial charge in [-0.05, 0) is 66.2 Å². The summed E-state index contributed by atoms with van der Waals surface area (Å²) in [7, 11) is -3.76. The van der Waals surface area contributed by atoms with Gasteiger partial charge in [0.1, 0.15) is 0 Å². The topological polar surface area (TPSA) is 106 Å². The van der Waals surface area contributed by atoms with Gasteiger partial charge in [0.25, 0.3) is 0 Å². The number of nitrogens with one attached hydrogen (secondary N) is 2. The minimum Gasteiger partial charge on any atom is -0.462 e. The molecule has 0 saturated carbocycles. The molecule has 8 nitrogen and oxygen atoms in total. The Bertz CT molecular complexity index is 1190. The molecule has 1 heterocycles. The number of rotatable bonds is 9. The maximum absolute atomic E-state index is 12.8. The molecule has 1 aromatic heterocycles. The third-order valence-corrected chi connectivity index (χ3v) is 7.04. The first-order chi connectivity index (χ1) is 15.8. The van der Waals surface area contributed by atoms with E-state index in [1.54, 1.807) is 52.0 Å². The Labute approximate surface area is 202 Å². The minimum absolute atomic E-state index is 0.0309. The zero-order valence-corrected chi connectivity index (χ0v) is 21.8. The van der Waals surface area contributed by atoms with Crippen molar-refractivity contribution in [1.29, 1.82) is 0 Å². The Morgan fingerprint density at radius 1 is 1.09 bits per heavy atom. The Hall–Kier alpha value is -2.91. The van der Waals surface area contributed by atoms with Gasteiger partial charge in [0.05, 0.1) is 17.1 Å². The second kappa shape index (κ2) is 11.0. The largest absolute Gasteiger partial charge is 0.462 e. The van der Waals surface area contributed by atoms with Gasteiger partial charge in [-0.1, -0.05) is 18.2 Å². The number of sulfonamides is 1. The third kappa shape index (κ3) is 6.57. The molecule has 0 unspecified atom stereocenters. The summed E-state index contributed by atoms with van der Waals surface area (Å²) in [4.78, 5) is 25.2. The fraction of sp³-hybridized carbons (Fsp3) is 0.440. The lowest BCUT2D eigenvalue weighted by molar-refractivity contribution is -0.116. The summed E-state index contributed by atoms with van der Waals surface area (Å²) in [5, 5.41) is 2.73. The van der Waals surface area contributed by atoms with Crippen molar-refractivity contribution in [1.82, 2.24) is 14.6 Å². The van der Waals surface area contributed by atoms with Gasteiger partial charge in [-0.3, -0.25) is 4.79 Å². The average molecular weight is 490 g/mol. The molecule has 34 heavy (non-hydrogen) atoms. The van der Waals surface area contributed by atoms with E-state index in [9.17, 15) is 18.0 Å². The highest BCUT2D eigenvalue weighted by atomic mass is 32.2. The number of hydrogen-bond acceptors (Lipinski definition) is 5. The summed E-state index contributed by atoms with van der Waals surface area (Å²) in [6.07, 6.45) is 2.94. The van der Waals surface area contributed by atoms with Crippen LogP contribution in [0.4, 0.5) is 0 Å². The first-order valence-corrected chi connectivity index (χ1v) is 12.7. The van der Waals surface area contributed by atoms with Gasteiger partial charge in [-0.25, -0.2) is 17.9 Å². The second-order valence-corrected chi connectivity index (χ2v) is 10.6. The van der Waals surface area contributed by atoms with Crippen molar-refractivity contribution in [3.63, 3.8) is 0 Å². The quantitative estimate of drug-likeness (QED) is 0.413. The van der Waals surface area contributed by atoms with Gasteiger partial charge < -0.3 is 14.6 Å². The van der Waals surface area contributed by atoms with E-state index < -0.39 is 27.4 Å². The fourth-order valence-corrected chi connectivity index (χ4v) is 5.48. The highest BCUT2D eigenvalue weighted by Gasteiger charge is 2.25. The summed E-state index contributed by atoms with van der Waals surface area (Å²) in [5.41, 5.74) is 2.54. The van der Waals surface area contributed by atoms with Gasteiger partial charge in [0, 0.05) is 41.7 Å². The fourth-order valence-electron chi connectivity index (χ4n) is 3.82. The highest BCUT2D eigenvalue weighted by Crippen LogP contribution is 2.25. The van der Waals surface area contributed by atoms with Crippen LogP contribution in [0.1, 0.15) is 67.5 Å². The summed E-state index contributed by atoms with van der Waals surface area (Å²) in [5.74, 6) is -0.840. The van der Waals surface area contributed by atoms with Crippen molar-refractivity contribution < 1.29 is 22.7 Å². The Kier molecular flexibility index (Phi) is 8.85. The van der Waals surface area contributed by atoms with Crippen LogP contribution in [0.15, 0.2) is 35.2 Å². The molecule has 2 rings (SSSR count). The lowest BCUT2D eigenvalue weighted by Gasteiger charge is -2.21. The molecule has 1 amide bonds. The summed E-state index contributed by atoms with van der Waals surface area (Å²) in [6.45, 7) is 13.7. The number of aromatic nitrogens is 1. The average Bonchev–Trinajstić information content (AvgIpc) is 2.98. The van der Waals surface area contributed by atoms with Crippen LogP contribution in [0.3, 0.4) is 0 Å². The normalized spacial score (nSPS) is 12.2. The van der Waals surface area contributed by atoms with Crippen LogP contribution >= 0.6 is 0 Å². The monoisotopic (exact) mass is 489 g/mol. The van der Waals surface area contributed by atoms with Crippen LogP contribution in [-0.4, -0.2) is 37.0 Å². The molecule has 2 aromatic rings. The van der Waals surface area contributed by atoms with E-state index in [1.165, 1.54) is 12.1 Å². The lowest BCUT2D eigenvalue weighted by atomic mass is 10.1. The molecule has 0 aliphatic carbocycles. The molecule has 0 aliphatic rings. The van der Waals surface area contributed by atoms with Gasteiger partial charge in [-0.15, -0.1) is 0 Å². The van der Waals surface area contributed by atoms with E-state index in [4.69, 9.17) is 4.74 Å². The van der Waals surface area contributed by atoms with Crippen LogP contribution in [0.2, 0.25) is 0 Å². The number of esters is 1. The number of benzene rings is 1. The number of ether oxygens (including phenoxy) is 1. The van der Waals surface area contributed by atoms with Crippen LogP contribution in [0.25, 0.3) is 6.08 Å². The molecule has 0 aliphatic heterocycles. The highest BCUT2D eigenvalue weighted by molar-refractivity contribution is 7.89. The second-order valence-electron chi connectivity index (χ2n) is 8.94. The third-order valence-electron chi connectivity index (χ3n) is 5.18. The van der Waals surface area contributed by atoms with Crippen LogP contribution in [-0.2, 0) is 32.6 Å². The Balaban J connectivity index is 2.25. The smallest absolute Gasteiger partial charge is 0.340 e. The van der Waals surface area contributed by atoms with Crippen molar-refractivity contribution in [2.75, 3.05) is 6.61 Å². The maximum atomic E-state index is 12.8. The number of hydrogen-bond donors (Lipinski definition) is 2. The minimum atomic E-state index is -3.76. The Morgan fingerprint density at radius 2 is 1.74 bits per heavy atom. The van der Waals surface area contributed by atoms with Crippen molar-refractivity contribution in [3.8, 4) is 0 Å². The Morgan fingerprint density at radius 3 is 2.32 bits per heavy atom.